The summed E-state index contributed by atoms with van der Waals surface area (Å²) in [6.45, 7) is 9.95. The molecule has 0 atom stereocenters. The molecule has 0 saturated carbocycles. The molecule has 1 aliphatic heterocycles. The molecule has 0 aromatic heterocycles. The number of rotatable bonds is 6. The van der Waals surface area contributed by atoms with Gasteiger partial charge in [-0.3, -0.25) is 14.5 Å². The molecule has 0 radical (unpaired) electrons. The molecule has 170 valence electrons. The van der Waals surface area contributed by atoms with Crippen molar-refractivity contribution in [3.63, 3.8) is 0 Å². The summed E-state index contributed by atoms with van der Waals surface area (Å²) < 4.78 is 5.23. The van der Waals surface area contributed by atoms with E-state index in [1.165, 1.54) is 0 Å². The van der Waals surface area contributed by atoms with E-state index in [1.807, 2.05) is 56.9 Å². The Bertz CT molecular complexity index is 970. The quantitative estimate of drug-likeness (QED) is 0.703. The first-order valence-corrected chi connectivity index (χ1v) is 10.8. The van der Waals surface area contributed by atoms with Gasteiger partial charge < -0.3 is 15.0 Å². The average molecular weight is 438 g/mol. The summed E-state index contributed by atoms with van der Waals surface area (Å²) in [6, 6.07) is 11.4. The van der Waals surface area contributed by atoms with Crippen LogP contribution in [0.3, 0.4) is 0 Å². The summed E-state index contributed by atoms with van der Waals surface area (Å²) in [5, 5.41) is 3.00. The van der Waals surface area contributed by atoms with E-state index in [1.54, 1.807) is 17.0 Å². The summed E-state index contributed by atoms with van der Waals surface area (Å²) >= 11 is 0. The molecule has 7 heteroatoms. The molecule has 7 nitrogen and oxygen atoms in total. The second-order valence-corrected chi connectivity index (χ2v) is 8.42. The second-order valence-electron chi connectivity index (χ2n) is 8.42. The Kier molecular flexibility index (Phi) is 7.64. The van der Waals surface area contributed by atoms with E-state index in [0.717, 1.165) is 27.9 Å². The van der Waals surface area contributed by atoms with E-state index >= 15 is 0 Å². The number of hydrogen-bond acceptors (Lipinski definition) is 5. The van der Waals surface area contributed by atoms with E-state index in [2.05, 4.69) is 5.32 Å². The molecule has 1 aliphatic rings. The SMILES string of the molecule is Cc1cc(C)cc(C(=O)OCC(=O)N2CCN(CC(=O)Nc3c(C)cccc3C)CC2)c1. The average Bonchev–Trinajstić information content (AvgIpc) is 2.74. The molecule has 32 heavy (non-hydrogen) atoms. The first-order chi connectivity index (χ1) is 15.2. The van der Waals surface area contributed by atoms with Crippen molar-refractivity contribution in [3.8, 4) is 0 Å². The molecular weight excluding hydrogens is 406 g/mol. The number of esters is 1. The van der Waals surface area contributed by atoms with Gasteiger partial charge in [0, 0.05) is 31.9 Å². The maximum Gasteiger partial charge on any atom is 0.338 e. The molecule has 3 rings (SSSR count). The fourth-order valence-electron chi connectivity index (χ4n) is 3.94. The molecule has 2 aromatic rings. The van der Waals surface area contributed by atoms with Crippen molar-refractivity contribution in [2.24, 2.45) is 0 Å². The number of carbonyl (C=O) groups excluding carboxylic acids is 3. The largest absolute Gasteiger partial charge is 0.452 e. The van der Waals surface area contributed by atoms with Crippen LogP contribution in [0.4, 0.5) is 5.69 Å². The Morgan fingerprint density at radius 2 is 1.50 bits per heavy atom. The van der Waals surface area contributed by atoms with Crippen LogP contribution in [0.5, 0.6) is 0 Å². The van der Waals surface area contributed by atoms with Crippen molar-refractivity contribution in [2.75, 3.05) is 44.6 Å². The van der Waals surface area contributed by atoms with Crippen LogP contribution in [0.2, 0.25) is 0 Å². The van der Waals surface area contributed by atoms with Crippen LogP contribution in [0.1, 0.15) is 32.6 Å². The van der Waals surface area contributed by atoms with Crippen molar-refractivity contribution in [1.82, 2.24) is 9.80 Å². The van der Waals surface area contributed by atoms with Crippen LogP contribution < -0.4 is 5.32 Å². The Balaban J connectivity index is 1.43. The topological polar surface area (TPSA) is 79.0 Å². The molecular formula is C25H31N3O4. The highest BCUT2D eigenvalue weighted by Gasteiger charge is 2.23. The standard InChI is InChI=1S/C25H31N3O4/c1-17-12-18(2)14-21(13-17)25(31)32-16-23(30)28-10-8-27(9-11-28)15-22(29)26-24-19(3)6-5-7-20(24)4/h5-7,12-14H,8-11,15-16H2,1-4H3,(H,26,29). The number of ether oxygens (including phenoxy) is 1. The van der Waals surface area contributed by atoms with Crippen LogP contribution >= 0.6 is 0 Å². The fourth-order valence-corrected chi connectivity index (χ4v) is 3.94. The molecule has 1 N–H and O–H groups in total. The zero-order chi connectivity index (χ0) is 23.3. The highest BCUT2D eigenvalue weighted by Crippen LogP contribution is 2.19. The second kappa shape index (κ2) is 10.4. The van der Waals surface area contributed by atoms with Crippen molar-refractivity contribution < 1.29 is 19.1 Å². The molecule has 1 heterocycles. The summed E-state index contributed by atoms with van der Waals surface area (Å²) in [5.41, 5.74) is 5.32. The summed E-state index contributed by atoms with van der Waals surface area (Å²) in [7, 11) is 0. The number of piperazine rings is 1. The van der Waals surface area contributed by atoms with Gasteiger partial charge in [-0.2, -0.15) is 0 Å². The molecule has 2 aromatic carbocycles. The lowest BCUT2D eigenvalue weighted by Gasteiger charge is -2.34. The molecule has 0 bridgehead atoms. The minimum atomic E-state index is -0.494. The van der Waals surface area contributed by atoms with Crippen LogP contribution in [0.15, 0.2) is 36.4 Å². The predicted octanol–water partition coefficient (Wildman–Crippen LogP) is 2.86. The van der Waals surface area contributed by atoms with Gasteiger partial charge in [-0.05, 0) is 51.0 Å². The zero-order valence-electron chi connectivity index (χ0n) is 19.2. The van der Waals surface area contributed by atoms with Crippen molar-refractivity contribution >= 4 is 23.5 Å². The van der Waals surface area contributed by atoms with Gasteiger partial charge in [0.1, 0.15) is 0 Å². The lowest BCUT2D eigenvalue weighted by Crippen LogP contribution is -2.51. The van der Waals surface area contributed by atoms with E-state index in [9.17, 15) is 14.4 Å². The lowest BCUT2D eigenvalue weighted by molar-refractivity contribution is -0.136. The van der Waals surface area contributed by atoms with Gasteiger partial charge in [0.15, 0.2) is 6.61 Å². The number of benzene rings is 2. The Hall–Kier alpha value is -3.19. The molecule has 0 unspecified atom stereocenters. The maximum absolute atomic E-state index is 12.5. The minimum Gasteiger partial charge on any atom is -0.452 e. The number of aryl methyl sites for hydroxylation is 4. The monoisotopic (exact) mass is 437 g/mol. The number of hydrogen-bond donors (Lipinski definition) is 1. The predicted molar refractivity (Wildman–Crippen MR) is 124 cm³/mol. The normalized spacial score (nSPS) is 14.2. The maximum atomic E-state index is 12.5. The van der Waals surface area contributed by atoms with E-state index in [4.69, 9.17) is 4.74 Å². The number of carbonyl (C=O) groups is 3. The van der Waals surface area contributed by atoms with Gasteiger partial charge in [-0.25, -0.2) is 4.79 Å². The van der Waals surface area contributed by atoms with Gasteiger partial charge >= 0.3 is 5.97 Å². The summed E-state index contributed by atoms with van der Waals surface area (Å²) in [4.78, 5) is 40.9. The van der Waals surface area contributed by atoms with Crippen LogP contribution in [-0.4, -0.2) is 66.9 Å². The minimum absolute atomic E-state index is 0.0652. The molecule has 0 spiro atoms. The van der Waals surface area contributed by atoms with Gasteiger partial charge in [-0.15, -0.1) is 0 Å². The van der Waals surface area contributed by atoms with Gasteiger partial charge in [0.25, 0.3) is 5.91 Å². The van der Waals surface area contributed by atoms with Crippen molar-refractivity contribution in [1.29, 1.82) is 0 Å². The highest BCUT2D eigenvalue weighted by atomic mass is 16.5. The fraction of sp³-hybridized carbons (Fsp3) is 0.400. The number of nitrogens with zero attached hydrogens (tertiary/aromatic N) is 2. The van der Waals surface area contributed by atoms with E-state index in [0.29, 0.717) is 31.7 Å². The number of nitrogens with one attached hydrogen (secondary N) is 1. The Morgan fingerprint density at radius 3 is 2.09 bits per heavy atom. The Labute approximate surface area is 189 Å². The summed E-state index contributed by atoms with van der Waals surface area (Å²) in [6.07, 6.45) is 0. The van der Waals surface area contributed by atoms with Crippen LogP contribution in [0, 0.1) is 27.7 Å². The zero-order valence-corrected chi connectivity index (χ0v) is 19.2. The van der Waals surface area contributed by atoms with Crippen LogP contribution in [-0.2, 0) is 14.3 Å². The van der Waals surface area contributed by atoms with Crippen molar-refractivity contribution in [2.45, 2.75) is 27.7 Å². The van der Waals surface area contributed by atoms with Gasteiger partial charge in [0.2, 0.25) is 5.91 Å². The third kappa shape index (κ3) is 6.17. The first-order valence-electron chi connectivity index (χ1n) is 10.8. The number of amides is 2. The number of anilines is 1. The first kappa shape index (κ1) is 23.5. The molecule has 0 aliphatic carbocycles. The van der Waals surface area contributed by atoms with E-state index < -0.39 is 5.97 Å². The highest BCUT2D eigenvalue weighted by molar-refractivity contribution is 5.94. The molecule has 2 amide bonds. The third-order valence-electron chi connectivity index (χ3n) is 5.62. The van der Waals surface area contributed by atoms with Gasteiger partial charge in [0.05, 0.1) is 12.1 Å². The summed E-state index contributed by atoms with van der Waals surface area (Å²) in [5.74, 6) is -0.779. The van der Waals surface area contributed by atoms with Gasteiger partial charge in [-0.1, -0.05) is 35.4 Å². The smallest absolute Gasteiger partial charge is 0.338 e. The number of para-hydroxylation sites is 1. The molecule has 1 fully saturated rings. The van der Waals surface area contributed by atoms with Crippen LogP contribution in [0.25, 0.3) is 0 Å². The molecule has 1 saturated heterocycles. The lowest BCUT2D eigenvalue weighted by atomic mass is 10.1. The Morgan fingerprint density at radius 1 is 0.906 bits per heavy atom. The van der Waals surface area contributed by atoms with E-state index in [-0.39, 0.29) is 25.0 Å². The van der Waals surface area contributed by atoms with Crippen molar-refractivity contribution in [3.05, 3.63) is 64.2 Å². The third-order valence-corrected chi connectivity index (χ3v) is 5.62.